The lowest BCUT2D eigenvalue weighted by Crippen LogP contribution is -2.18. The molecule has 2 aliphatic heterocycles. The van der Waals surface area contributed by atoms with Crippen LogP contribution in [0.15, 0.2) is 115 Å². The molecule has 0 amide bonds. The second-order valence-corrected chi connectivity index (χ2v) is 9.22. The molecule has 0 aromatic heterocycles. The average molecular weight is 492 g/mol. The monoisotopic (exact) mass is 492 g/mol. The molecule has 0 N–H and O–H groups in total. The molecular formula is C32H16N2O4. The number of fused-ring (bicyclic) bond motifs is 8. The van der Waals surface area contributed by atoms with Crippen LogP contribution in [0.1, 0.15) is 0 Å². The maximum absolute atomic E-state index is 14.2. The van der Waals surface area contributed by atoms with Crippen LogP contribution in [0.5, 0.6) is 0 Å². The first kappa shape index (κ1) is 20.8. The van der Waals surface area contributed by atoms with Crippen molar-refractivity contribution in [3.05, 3.63) is 118 Å². The summed E-state index contributed by atoms with van der Waals surface area (Å²) in [7, 11) is 0. The van der Waals surface area contributed by atoms with Gasteiger partial charge in [0.25, 0.3) is 0 Å². The van der Waals surface area contributed by atoms with Gasteiger partial charge in [0.15, 0.2) is 33.5 Å². The van der Waals surface area contributed by atoms with Gasteiger partial charge in [-0.15, -0.1) is 0 Å². The van der Waals surface area contributed by atoms with Crippen LogP contribution < -0.4 is 10.9 Å². The lowest BCUT2D eigenvalue weighted by Gasteiger charge is -2.17. The Kier molecular flexibility index (Phi) is 4.14. The molecule has 8 rings (SSSR count). The zero-order valence-corrected chi connectivity index (χ0v) is 19.8. The van der Waals surface area contributed by atoms with Gasteiger partial charge in [-0.2, -0.15) is 0 Å². The van der Waals surface area contributed by atoms with Gasteiger partial charge in [-0.25, -0.2) is 9.97 Å². The minimum atomic E-state index is -0.328. The summed E-state index contributed by atoms with van der Waals surface area (Å²) in [6.45, 7) is 0. The third-order valence-electron chi connectivity index (χ3n) is 7.06. The van der Waals surface area contributed by atoms with Crippen LogP contribution in [0.25, 0.3) is 77.8 Å². The summed E-state index contributed by atoms with van der Waals surface area (Å²) in [5.74, 6) is 0.480. The number of hydrogen-bond acceptors (Lipinski definition) is 6. The molecule has 6 nitrogen and oxygen atoms in total. The van der Waals surface area contributed by atoms with Crippen molar-refractivity contribution in [2.45, 2.75) is 0 Å². The summed E-state index contributed by atoms with van der Waals surface area (Å²) >= 11 is 0. The molecule has 0 radical (unpaired) electrons. The maximum atomic E-state index is 14.2. The molecule has 0 atom stereocenters. The lowest BCUT2D eigenvalue weighted by molar-refractivity contribution is 0.608. The summed E-state index contributed by atoms with van der Waals surface area (Å²) in [4.78, 5) is 38.1. The Balaban J connectivity index is 1.66. The van der Waals surface area contributed by atoms with Gasteiger partial charge in [0.05, 0.1) is 11.1 Å². The molecule has 4 aromatic rings. The molecule has 6 heteroatoms. The molecule has 0 unspecified atom stereocenters. The number of rotatable bonds is 1. The summed E-state index contributed by atoms with van der Waals surface area (Å²) in [5.41, 5.74) is 2.92. The number of benzene rings is 6. The summed E-state index contributed by atoms with van der Waals surface area (Å²) in [6.07, 6.45) is 0. The van der Waals surface area contributed by atoms with E-state index < -0.39 is 0 Å². The van der Waals surface area contributed by atoms with Crippen molar-refractivity contribution >= 4 is 43.7 Å². The van der Waals surface area contributed by atoms with Crippen LogP contribution in [0.2, 0.25) is 0 Å². The fourth-order valence-corrected chi connectivity index (χ4v) is 5.34. The van der Waals surface area contributed by atoms with Crippen LogP contribution in [-0.4, -0.2) is 9.97 Å². The second-order valence-electron chi connectivity index (χ2n) is 9.22. The van der Waals surface area contributed by atoms with Crippen molar-refractivity contribution in [2.24, 2.45) is 0 Å². The number of aromatic nitrogens is 2. The van der Waals surface area contributed by atoms with Gasteiger partial charge in [0.2, 0.25) is 0 Å². The Morgan fingerprint density at radius 1 is 0.447 bits per heavy atom. The Morgan fingerprint density at radius 3 is 1.26 bits per heavy atom. The van der Waals surface area contributed by atoms with Gasteiger partial charge in [-0.1, -0.05) is 72.8 Å². The predicted molar refractivity (Wildman–Crippen MR) is 148 cm³/mol. The quantitative estimate of drug-likeness (QED) is 0.184. The Morgan fingerprint density at radius 2 is 0.816 bits per heavy atom. The van der Waals surface area contributed by atoms with E-state index in [1.54, 1.807) is 36.4 Å². The van der Waals surface area contributed by atoms with E-state index in [4.69, 9.17) is 18.8 Å². The molecule has 178 valence electrons. The fraction of sp³-hybridized carbons (Fsp3) is 0. The van der Waals surface area contributed by atoms with Gasteiger partial charge in [0, 0.05) is 21.5 Å². The second kappa shape index (κ2) is 7.57. The van der Waals surface area contributed by atoms with Crippen molar-refractivity contribution in [1.29, 1.82) is 0 Å². The van der Waals surface area contributed by atoms with Gasteiger partial charge in [-0.3, -0.25) is 9.59 Å². The van der Waals surface area contributed by atoms with E-state index in [0.717, 1.165) is 0 Å². The minimum absolute atomic E-state index is 0.124. The van der Waals surface area contributed by atoms with Gasteiger partial charge < -0.3 is 8.83 Å². The zero-order chi connectivity index (χ0) is 25.4. The van der Waals surface area contributed by atoms with Crippen LogP contribution in [-0.2, 0) is 0 Å². The third-order valence-corrected chi connectivity index (χ3v) is 7.06. The van der Waals surface area contributed by atoms with Crippen LogP contribution >= 0.6 is 0 Å². The van der Waals surface area contributed by atoms with E-state index >= 15 is 0 Å². The Bertz CT molecular complexity index is 2130. The molecule has 0 bridgehead atoms. The highest BCUT2D eigenvalue weighted by molar-refractivity contribution is 6.08. The van der Waals surface area contributed by atoms with Crippen LogP contribution in [0.4, 0.5) is 0 Å². The van der Waals surface area contributed by atoms with Crippen molar-refractivity contribution in [1.82, 2.24) is 9.97 Å². The average Bonchev–Trinajstić information content (AvgIpc) is 2.97. The maximum Gasteiger partial charge on any atom is 0.198 e. The molecule has 2 aliphatic carbocycles. The molecular weight excluding hydrogens is 476 g/mol. The topological polar surface area (TPSA) is 86.2 Å². The smallest absolute Gasteiger partial charge is 0.198 e. The summed E-state index contributed by atoms with van der Waals surface area (Å²) in [5, 5.41) is 2.21. The normalized spacial score (nSPS) is 11.9. The molecule has 2 heterocycles. The predicted octanol–water partition coefficient (Wildman–Crippen LogP) is 6.87. The van der Waals surface area contributed by atoms with E-state index in [-0.39, 0.29) is 33.5 Å². The van der Waals surface area contributed by atoms with Crippen molar-refractivity contribution < 1.29 is 8.83 Å². The van der Waals surface area contributed by atoms with Crippen molar-refractivity contribution in [3.63, 3.8) is 0 Å². The molecule has 0 saturated carbocycles. The molecule has 0 saturated heterocycles. The fourth-order valence-electron chi connectivity index (χ4n) is 5.34. The van der Waals surface area contributed by atoms with Gasteiger partial charge in [-0.05, 0) is 24.3 Å². The third kappa shape index (κ3) is 2.77. The largest absolute Gasteiger partial charge is 0.452 e. The van der Waals surface area contributed by atoms with Crippen LogP contribution in [0.3, 0.4) is 0 Å². The number of hydrogen-bond donors (Lipinski definition) is 0. The van der Waals surface area contributed by atoms with E-state index in [9.17, 15) is 9.59 Å². The first-order valence-electron chi connectivity index (χ1n) is 12.2. The molecule has 0 spiro atoms. The van der Waals surface area contributed by atoms with E-state index in [1.807, 2.05) is 60.7 Å². The Hall–Kier alpha value is -5.36. The zero-order valence-electron chi connectivity index (χ0n) is 19.8. The van der Waals surface area contributed by atoms with Crippen molar-refractivity contribution in [3.8, 4) is 34.0 Å². The standard InChI is InChI=1S/C32H16N2O4/c35-29-19-11-3-1-9-17(19)27-31(37-23-15-7-5-13-21(23)33-27)25(29)26-30(36)20-12-4-2-10-18(20)28-32(26)38-24-16-8-6-14-22(24)34-28/h1-16H. The molecule has 38 heavy (non-hydrogen) atoms. The van der Waals surface area contributed by atoms with E-state index in [0.29, 0.717) is 55.1 Å². The van der Waals surface area contributed by atoms with Gasteiger partial charge in [0.1, 0.15) is 22.4 Å². The number of nitrogens with zero attached hydrogens (tertiary/aromatic N) is 2. The van der Waals surface area contributed by atoms with E-state index in [2.05, 4.69) is 0 Å². The Labute approximate surface area is 214 Å². The highest BCUT2D eigenvalue weighted by Crippen LogP contribution is 2.42. The van der Waals surface area contributed by atoms with Crippen LogP contribution in [0, 0.1) is 0 Å². The lowest BCUT2D eigenvalue weighted by atomic mass is 9.90. The highest BCUT2D eigenvalue weighted by Gasteiger charge is 2.31. The first-order valence-corrected chi connectivity index (χ1v) is 12.2. The molecule has 4 aromatic carbocycles. The minimum Gasteiger partial charge on any atom is -0.452 e. The van der Waals surface area contributed by atoms with E-state index in [1.165, 1.54) is 0 Å². The number of para-hydroxylation sites is 4. The van der Waals surface area contributed by atoms with Crippen molar-refractivity contribution in [2.75, 3.05) is 0 Å². The first-order chi connectivity index (χ1) is 18.7. The van der Waals surface area contributed by atoms with Gasteiger partial charge >= 0.3 is 0 Å². The summed E-state index contributed by atoms with van der Waals surface area (Å²) < 4.78 is 12.7. The SMILES string of the molecule is O=c1c(-c2c3oc4ccccc4nc-3c3ccccc3c2=O)c2oc3ccccc3nc-2c2ccccc12. The highest BCUT2D eigenvalue weighted by atomic mass is 16.3. The molecule has 4 aliphatic rings. The summed E-state index contributed by atoms with van der Waals surface area (Å²) in [6, 6.07) is 29.2. The molecule has 0 fully saturated rings.